The number of halogens is 1. The van der Waals surface area contributed by atoms with E-state index < -0.39 is 0 Å². The predicted molar refractivity (Wildman–Crippen MR) is 142 cm³/mol. The van der Waals surface area contributed by atoms with Gasteiger partial charge >= 0.3 is 0 Å². The molecule has 35 heavy (non-hydrogen) atoms. The van der Waals surface area contributed by atoms with Crippen LogP contribution in [-0.4, -0.2) is 28.6 Å². The van der Waals surface area contributed by atoms with Crippen LogP contribution >= 0.6 is 11.6 Å². The van der Waals surface area contributed by atoms with E-state index in [0.29, 0.717) is 24.6 Å². The van der Waals surface area contributed by atoms with Crippen molar-refractivity contribution in [1.82, 2.24) is 14.9 Å². The fourth-order valence-corrected chi connectivity index (χ4v) is 4.54. The summed E-state index contributed by atoms with van der Waals surface area (Å²) in [5.74, 6) is 2.00. The van der Waals surface area contributed by atoms with Crippen molar-refractivity contribution < 1.29 is 9.53 Å². The van der Waals surface area contributed by atoms with E-state index in [0.717, 1.165) is 65.1 Å². The fraction of sp³-hybridized carbons (Fsp3) is 0.310. The summed E-state index contributed by atoms with van der Waals surface area (Å²) < 4.78 is 8.40. The molecule has 3 aromatic carbocycles. The van der Waals surface area contributed by atoms with Gasteiger partial charge < -0.3 is 14.6 Å². The minimum Gasteiger partial charge on any atom is -0.493 e. The molecule has 1 heterocycles. The molecule has 0 unspecified atom stereocenters. The highest BCUT2D eigenvalue weighted by molar-refractivity contribution is 6.31. The second-order valence-corrected chi connectivity index (χ2v) is 9.22. The number of aromatic nitrogens is 2. The van der Waals surface area contributed by atoms with Crippen LogP contribution < -0.4 is 10.1 Å². The summed E-state index contributed by atoms with van der Waals surface area (Å²) >= 11 is 6.17. The van der Waals surface area contributed by atoms with Crippen LogP contribution in [0.25, 0.3) is 11.0 Å². The van der Waals surface area contributed by atoms with Crippen LogP contribution in [0.3, 0.4) is 0 Å². The van der Waals surface area contributed by atoms with Crippen molar-refractivity contribution in [3.63, 3.8) is 0 Å². The van der Waals surface area contributed by atoms with Crippen molar-refractivity contribution in [2.24, 2.45) is 0 Å². The first-order valence-corrected chi connectivity index (χ1v) is 12.5. The Kier molecular flexibility index (Phi) is 8.43. The zero-order valence-electron chi connectivity index (χ0n) is 20.4. The molecule has 182 valence electrons. The Bertz CT molecular complexity index is 1280. The maximum atomic E-state index is 12.3. The van der Waals surface area contributed by atoms with Gasteiger partial charge in [-0.1, -0.05) is 60.1 Å². The summed E-state index contributed by atoms with van der Waals surface area (Å²) in [7, 11) is 0. The SMILES string of the molecule is Cc1cccc(C)c1OCCCn1c(CCCNC(=O)Cc2ccccc2Cl)nc2ccccc21. The molecule has 5 nitrogen and oxygen atoms in total. The zero-order chi connectivity index (χ0) is 24.6. The molecular weight excluding hydrogens is 458 g/mol. The van der Waals surface area contributed by atoms with Crippen LogP contribution in [0, 0.1) is 13.8 Å². The topological polar surface area (TPSA) is 56.1 Å². The Balaban J connectivity index is 1.31. The minimum atomic E-state index is -0.0183. The van der Waals surface area contributed by atoms with Crippen LogP contribution in [0.1, 0.15) is 35.4 Å². The first-order chi connectivity index (χ1) is 17.0. The van der Waals surface area contributed by atoms with Crippen LogP contribution in [0.15, 0.2) is 66.7 Å². The molecule has 0 saturated heterocycles. The molecule has 0 fully saturated rings. The van der Waals surface area contributed by atoms with Gasteiger partial charge in [-0.15, -0.1) is 0 Å². The molecule has 0 bridgehead atoms. The molecule has 4 aromatic rings. The van der Waals surface area contributed by atoms with Gasteiger partial charge in [-0.3, -0.25) is 4.79 Å². The standard InChI is InChI=1S/C29H32ClN3O2/c1-21-10-7-11-22(2)29(21)35-19-9-18-33-26-15-6-5-14-25(26)32-27(33)16-8-17-31-28(34)20-23-12-3-4-13-24(23)30/h3-7,10-15H,8-9,16-20H2,1-2H3,(H,31,34). The van der Waals surface area contributed by atoms with Crippen molar-refractivity contribution in [3.8, 4) is 5.75 Å². The summed E-state index contributed by atoms with van der Waals surface area (Å²) in [5.41, 5.74) is 5.31. The number of nitrogens with one attached hydrogen (secondary N) is 1. The molecule has 0 aliphatic carbocycles. The largest absolute Gasteiger partial charge is 0.493 e. The molecule has 0 aliphatic heterocycles. The normalized spacial score (nSPS) is 11.1. The van der Waals surface area contributed by atoms with Crippen molar-refractivity contribution >= 4 is 28.5 Å². The smallest absolute Gasteiger partial charge is 0.224 e. The monoisotopic (exact) mass is 489 g/mol. The molecule has 6 heteroatoms. The number of nitrogens with zero attached hydrogens (tertiary/aromatic N) is 2. The number of amides is 1. The minimum absolute atomic E-state index is 0.0183. The molecule has 1 aromatic heterocycles. The van der Waals surface area contributed by atoms with Crippen LogP contribution in [0.2, 0.25) is 5.02 Å². The Morgan fingerprint density at radius 3 is 2.51 bits per heavy atom. The third kappa shape index (κ3) is 6.43. The lowest BCUT2D eigenvalue weighted by Crippen LogP contribution is -2.26. The zero-order valence-corrected chi connectivity index (χ0v) is 21.1. The van der Waals surface area contributed by atoms with Gasteiger partial charge in [0.2, 0.25) is 5.91 Å². The number of ether oxygens (including phenoxy) is 1. The van der Waals surface area contributed by atoms with Crippen LogP contribution in [0.5, 0.6) is 5.75 Å². The molecule has 1 amide bonds. The van der Waals surface area contributed by atoms with Gasteiger partial charge in [0.05, 0.1) is 24.1 Å². The van der Waals surface area contributed by atoms with Gasteiger partial charge in [0.1, 0.15) is 11.6 Å². The second kappa shape index (κ2) is 11.9. The van der Waals surface area contributed by atoms with E-state index in [1.807, 2.05) is 42.5 Å². The van der Waals surface area contributed by atoms with E-state index in [1.54, 1.807) is 0 Å². The van der Waals surface area contributed by atoms with Crippen LogP contribution in [0.4, 0.5) is 0 Å². The van der Waals surface area contributed by atoms with Gasteiger partial charge in [-0.2, -0.15) is 0 Å². The average molecular weight is 490 g/mol. The lowest BCUT2D eigenvalue weighted by atomic mass is 10.1. The molecular formula is C29H32ClN3O2. The first kappa shape index (κ1) is 24.8. The number of carbonyl (C=O) groups is 1. The van der Waals surface area contributed by atoms with Crippen molar-refractivity contribution in [1.29, 1.82) is 0 Å². The summed E-state index contributed by atoms with van der Waals surface area (Å²) in [6.45, 7) is 6.24. The van der Waals surface area contributed by atoms with E-state index in [1.165, 1.54) is 0 Å². The maximum absolute atomic E-state index is 12.3. The molecule has 4 rings (SSSR count). The van der Waals surface area contributed by atoms with Crippen LogP contribution in [-0.2, 0) is 24.2 Å². The molecule has 1 N–H and O–H groups in total. The highest BCUT2D eigenvalue weighted by atomic mass is 35.5. The number of hydrogen-bond donors (Lipinski definition) is 1. The molecule has 0 radical (unpaired) electrons. The molecule has 0 atom stereocenters. The number of hydrogen-bond acceptors (Lipinski definition) is 3. The number of carbonyl (C=O) groups excluding carboxylic acids is 1. The number of rotatable bonds is 11. The van der Waals surface area contributed by atoms with E-state index in [9.17, 15) is 4.79 Å². The van der Waals surface area contributed by atoms with Gasteiger partial charge in [-0.05, 0) is 61.6 Å². The number of benzene rings is 3. The number of para-hydroxylation sites is 3. The third-order valence-corrected chi connectivity index (χ3v) is 6.49. The lowest BCUT2D eigenvalue weighted by molar-refractivity contribution is -0.120. The van der Waals surface area contributed by atoms with Gasteiger partial charge in [-0.25, -0.2) is 4.98 Å². The van der Waals surface area contributed by atoms with Gasteiger partial charge in [0.25, 0.3) is 0 Å². The molecule has 0 saturated carbocycles. The Morgan fingerprint density at radius 2 is 1.71 bits per heavy atom. The van der Waals surface area contributed by atoms with E-state index in [4.69, 9.17) is 21.3 Å². The van der Waals surface area contributed by atoms with E-state index in [2.05, 4.69) is 48.0 Å². The Morgan fingerprint density at radius 1 is 0.971 bits per heavy atom. The second-order valence-electron chi connectivity index (χ2n) is 8.81. The molecule has 0 aliphatic rings. The number of aryl methyl sites for hydroxylation is 4. The maximum Gasteiger partial charge on any atom is 0.224 e. The summed E-state index contributed by atoms with van der Waals surface area (Å²) in [5, 5.41) is 3.63. The molecule has 0 spiro atoms. The van der Waals surface area contributed by atoms with Gasteiger partial charge in [0, 0.05) is 24.5 Å². The van der Waals surface area contributed by atoms with E-state index in [-0.39, 0.29) is 5.91 Å². The fourth-order valence-electron chi connectivity index (χ4n) is 4.34. The summed E-state index contributed by atoms with van der Waals surface area (Å²) in [4.78, 5) is 17.2. The quantitative estimate of drug-likeness (QED) is 0.260. The Hall–Kier alpha value is -3.31. The highest BCUT2D eigenvalue weighted by Gasteiger charge is 2.12. The summed E-state index contributed by atoms with van der Waals surface area (Å²) in [6, 6.07) is 21.9. The van der Waals surface area contributed by atoms with E-state index >= 15 is 0 Å². The highest BCUT2D eigenvalue weighted by Crippen LogP contribution is 2.23. The van der Waals surface area contributed by atoms with Crippen molar-refractivity contribution in [2.45, 2.75) is 46.1 Å². The first-order valence-electron chi connectivity index (χ1n) is 12.2. The van der Waals surface area contributed by atoms with Gasteiger partial charge in [0.15, 0.2) is 0 Å². The lowest BCUT2D eigenvalue weighted by Gasteiger charge is -2.13. The summed E-state index contributed by atoms with van der Waals surface area (Å²) in [6.07, 6.45) is 2.78. The number of fused-ring (bicyclic) bond motifs is 1. The average Bonchev–Trinajstić information content (AvgIpc) is 3.20. The Labute approximate surface area is 212 Å². The predicted octanol–water partition coefficient (Wildman–Crippen LogP) is 6.07. The number of imidazole rings is 1. The van der Waals surface area contributed by atoms with Crippen molar-refractivity contribution in [3.05, 3.63) is 94.3 Å². The third-order valence-electron chi connectivity index (χ3n) is 6.12. The van der Waals surface area contributed by atoms with Crippen molar-refractivity contribution in [2.75, 3.05) is 13.2 Å².